The van der Waals surface area contributed by atoms with E-state index in [1.807, 2.05) is 12.1 Å². The van der Waals surface area contributed by atoms with E-state index in [2.05, 4.69) is 4.90 Å². The van der Waals surface area contributed by atoms with Crippen LogP contribution in [0.3, 0.4) is 0 Å². The first-order chi connectivity index (χ1) is 7.66. The summed E-state index contributed by atoms with van der Waals surface area (Å²) in [5.74, 6) is 0. The van der Waals surface area contributed by atoms with Gasteiger partial charge in [-0.1, -0.05) is 35.3 Å². The molecule has 4 heteroatoms. The Kier molecular flexibility index (Phi) is 4.09. The van der Waals surface area contributed by atoms with Crippen molar-refractivity contribution >= 4 is 23.2 Å². The molecular weight excluding hydrogens is 245 g/mol. The standard InChI is InChI=1S/C12H15Cl2NO/c13-11-5-1-3-9(12(11)14)7-15-6-2-4-10(16)8-15/h1,3,5,10,16H,2,4,6-8H2. The Labute approximate surface area is 106 Å². The zero-order chi connectivity index (χ0) is 11.5. The second kappa shape index (κ2) is 5.37. The zero-order valence-electron chi connectivity index (χ0n) is 9.00. The number of hydrogen-bond acceptors (Lipinski definition) is 2. The minimum Gasteiger partial charge on any atom is -0.392 e. The molecule has 1 aliphatic rings. The molecule has 0 saturated carbocycles. The average Bonchev–Trinajstić information content (AvgIpc) is 2.25. The van der Waals surface area contributed by atoms with E-state index in [1.54, 1.807) is 6.07 Å². The second-order valence-electron chi connectivity index (χ2n) is 4.24. The predicted octanol–water partition coefficient (Wildman–Crippen LogP) is 2.95. The molecule has 1 heterocycles. The maximum absolute atomic E-state index is 9.58. The quantitative estimate of drug-likeness (QED) is 0.883. The molecule has 0 spiro atoms. The van der Waals surface area contributed by atoms with Gasteiger partial charge in [0.2, 0.25) is 0 Å². The molecule has 0 aromatic heterocycles. The van der Waals surface area contributed by atoms with Gasteiger partial charge in [-0.2, -0.15) is 0 Å². The van der Waals surface area contributed by atoms with Gasteiger partial charge in [-0.25, -0.2) is 0 Å². The number of halogens is 2. The minimum atomic E-state index is -0.202. The highest BCUT2D eigenvalue weighted by Crippen LogP contribution is 2.27. The summed E-state index contributed by atoms with van der Waals surface area (Å²) in [5, 5.41) is 10.8. The molecule has 88 valence electrons. The Morgan fingerprint density at radius 2 is 2.19 bits per heavy atom. The SMILES string of the molecule is OC1CCCN(Cc2cccc(Cl)c2Cl)C1. The summed E-state index contributed by atoms with van der Waals surface area (Å²) in [6.45, 7) is 2.50. The number of piperidine rings is 1. The second-order valence-corrected chi connectivity index (χ2v) is 5.03. The summed E-state index contributed by atoms with van der Waals surface area (Å²) in [6, 6.07) is 5.68. The van der Waals surface area contributed by atoms with E-state index in [4.69, 9.17) is 23.2 Å². The Bertz CT molecular complexity index is 370. The third kappa shape index (κ3) is 2.89. The van der Waals surface area contributed by atoms with Crippen LogP contribution in [0.5, 0.6) is 0 Å². The number of rotatable bonds is 2. The van der Waals surface area contributed by atoms with Crippen LogP contribution in [0, 0.1) is 0 Å². The normalized spacial score (nSPS) is 22.3. The topological polar surface area (TPSA) is 23.5 Å². The largest absolute Gasteiger partial charge is 0.392 e. The van der Waals surface area contributed by atoms with E-state index < -0.39 is 0 Å². The first kappa shape index (κ1) is 12.2. The molecule has 1 saturated heterocycles. The van der Waals surface area contributed by atoms with Gasteiger partial charge in [0.1, 0.15) is 0 Å². The molecule has 0 aliphatic carbocycles. The molecule has 0 bridgehead atoms. The van der Waals surface area contributed by atoms with E-state index in [0.29, 0.717) is 10.0 Å². The van der Waals surface area contributed by atoms with Crippen molar-refractivity contribution in [2.45, 2.75) is 25.5 Å². The average molecular weight is 260 g/mol. The van der Waals surface area contributed by atoms with Gasteiger partial charge < -0.3 is 5.11 Å². The lowest BCUT2D eigenvalue weighted by molar-refractivity contribution is 0.0668. The summed E-state index contributed by atoms with van der Waals surface area (Å²) in [4.78, 5) is 2.21. The Balaban J connectivity index is 2.05. The number of hydrogen-bond donors (Lipinski definition) is 1. The van der Waals surface area contributed by atoms with Crippen molar-refractivity contribution < 1.29 is 5.11 Å². The van der Waals surface area contributed by atoms with Gasteiger partial charge in [-0.3, -0.25) is 4.90 Å². The fourth-order valence-electron chi connectivity index (χ4n) is 2.09. The summed E-state index contributed by atoms with van der Waals surface area (Å²) < 4.78 is 0. The van der Waals surface area contributed by atoms with Crippen molar-refractivity contribution in [2.24, 2.45) is 0 Å². The van der Waals surface area contributed by atoms with Gasteiger partial charge in [0.15, 0.2) is 0 Å². The summed E-state index contributed by atoms with van der Waals surface area (Å²) >= 11 is 12.1. The van der Waals surface area contributed by atoms with E-state index in [1.165, 1.54) is 0 Å². The van der Waals surface area contributed by atoms with Crippen molar-refractivity contribution in [1.29, 1.82) is 0 Å². The van der Waals surface area contributed by atoms with E-state index >= 15 is 0 Å². The van der Waals surface area contributed by atoms with Gasteiger partial charge in [0.25, 0.3) is 0 Å². The van der Waals surface area contributed by atoms with Crippen LogP contribution in [0.1, 0.15) is 18.4 Å². The Hall–Kier alpha value is -0.280. The lowest BCUT2D eigenvalue weighted by Crippen LogP contribution is -2.37. The number of likely N-dealkylation sites (tertiary alicyclic amines) is 1. The Morgan fingerprint density at radius 1 is 1.38 bits per heavy atom. The fourth-order valence-corrected chi connectivity index (χ4v) is 2.47. The zero-order valence-corrected chi connectivity index (χ0v) is 10.5. The maximum Gasteiger partial charge on any atom is 0.0667 e. The van der Waals surface area contributed by atoms with Crippen molar-refractivity contribution in [2.75, 3.05) is 13.1 Å². The van der Waals surface area contributed by atoms with Gasteiger partial charge >= 0.3 is 0 Å². The maximum atomic E-state index is 9.58. The Morgan fingerprint density at radius 3 is 2.94 bits per heavy atom. The third-order valence-electron chi connectivity index (χ3n) is 2.91. The molecule has 16 heavy (non-hydrogen) atoms. The lowest BCUT2D eigenvalue weighted by Gasteiger charge is -2.30. The highest BCUT2D eigenvalue weighted by molar-refractivity contribution is 6.42. The highest BCUT2D eigenvalue weighted by atomic mass is 35.5. The van der Waals surface area contributed by atoms with Crippen LogP contribution in [0.4, 0.5) is 0 Å². The number of aliphatic hydroxyl groups excluding tert-OH is 1. The van der Waals surface area contributed by atoms with Gasteiger partial charge in [0, 0.05) is 13.1 Å². The number of β-amino-alcohol motifs (C(OH)–C–C–N with tert-alkyl or cyclic N) is 1. The number of aliphatic hydroxyl groups is 1. The number of benzene rings is 1. The molecule has 2 rings (SSSR count). The van der Waals surface area contributed by atoms with Gasteiger partial charge in [-0.05, 0) is 31.0 Å². The lowest BCUT2D eigenvalue weighted by atomic mass is 10.1. The van der Waals surface area contributed by atoms with Crippen LogP contribution in [-0.2, 0) is 6.54 Å². The molecule has 1 aromatic rings. The molecule has 1 aromatic carbocycles. The monoisotopic (exact) mass is 259 g/mol. The van der Waals surface area contributed by atoms with E-state index in [-0.39, 0.29) is 6.10 Å². The van der Waals surface area contributed by atoms with E-state index in [0.717, 1.165) is 38.0 Å². The summed E-state index contributed by atoms with van der Waals surface area (Å²) in [6.07, 6.45) is 1.74. The molecule has 0 radical (unpaired) electrons. The van der Waals surface area contributed by atoms with Crippen LogP contribution in [0.2, 0.25) is 10.0 Å². The molecule has 2 nitrogen and oxygen atoms in total. The number of nitrogens with zero attached hydrogens (tertiary/aromatic N) is 1. The first-order valence-corrected chi connectivity index (χ1v) is 6.25. The molecule has 1 atom stereocenters. The summed E-state index contributed by atoms with van der Waals surface area (Å²) in [7, 11) is 0. The van der Waals surface area contributed by atoms with Crippen LogP contribution in [0.25, 0.3) is 0 Å². The molecule has 1 fully saturated rings. The van der Waals surface area contributed by atoms with Crippen LogP contribution in [-0.4, -0.2) is 29.2 Å². The predicted molar refractivity (Wildman–Crippen MR) is 67.0 cm³/mol. The van der Waals surface area contributed by atoms with Crippen molar-refractivity contribution in [1.82, 2.24) is 4.90 Å². The van der Waals surface area contributed by atoms with Crippen LogP contribution < -0.4 is 0 Å². The van der Waals surface area contributed by atoms with Gasteiger partial charge in [-0.15, -0.1) is 0 Å². The van der Waals surface area contributed by atoms with E-state index in [9.17, 15) is 5.11 Å². The molecule has 1 N–H and O–H groups in total. The molecular formula is C12H15Cl2NO. The molecule has 0 amide bonds. The molecule has 1 unspecified atom stereocenters. The van der Waals surface area contributed by atoms with Crippen molar-refractivity contribution in [3.8, 4) is 0 Å². The third-order valence-corrected chi connectivity index (χ3v) is 3.76. The van der Waals surface area contributed by atoms with Crippen molar-refractivity contribution in [3.63, 3.8) is 0 Å². The highest BCUT2D eigenvalue weighted by Gasteiger charge is 2.18. The minimum absolute atomic E-state index is 0.202. The van der Waals surface area contributed by atoms with Crippen LogP contribution >= 0.6 is 23.2 Å². The van der Waals surface area contributed by atoms with Crippen LogP contribution in [0.15, 0.2) is 18.2 Å². The summed E-state index contributed by atoms with van der Waals surface area (Å²) in [5.41, 5.74) is 1.03. The first-order valence-electron chi connectivity index (χ1n) is 5.50. The van der Waals surface area contributed by atoms with Crippen molar-refractivity contribution in [3.05, 3.63) is 33.8 Å². The fraction of sp³-hybridized carbons (Fsp3) is 0.500. The molecule has 1 aliphatic heterocycles. The van der Waals surface area contributed by atoms with Gasteiger partial charge in [0.05, 0.1) is 16.1 Å². The smallest absolute Gasteiger partial charge is 0.0667 e.